The second-order valence-corrected chi connectivity index (χ2v) is 4.17. The standard InChI is InChI=1S/C13H20N2O/c1-14-7-8-15-9-10-16-13(11-15)12-5-3-2-4-6-12/h2-6,13-14H,7-11H2,1H3/t13-/m1/s1. The van der Waals surface area contributed by atoms with E-state index >= 15 is 0 Å². The fourth-order valence-corrected chi connectivity index (χ4v) is 2.04. The Morgan fingerprint density at radius 3 is 2.94 bits per heavy atom. The lowest BCUT2D eigenvalue weighted by Crippen LogP contribution is -2.41. The maximum atomic E-state index is 5.81. The van der Waals surface area contributed by atoms with Crippen molar-refractivity contribution in [1.29, 1.82) is 0 Å². The van der Waals surface area contributed by atoms with E-state index in [4.69, 9.17) is 4.74 Å². The van der Waals surface area contributed by atoms with Gasteiger partial charge in [-0.05, 0) is 12.6 Å². The van der Waals surface area contributed by atoms with Gasteiger partial charge < -0.3 is 10.1 Å². The van der Waals surface area contributed by atoms with Crippen molar-refractivity contribution < 1.29 is 4.74 Å². The summed E-state index contributed by atoms with van der Waals surface area (Å²) in [5, 5.41) is 3.19. The Balaban J connectivity index is 1.91. The Kier molecular flexibility index (Phi) is 4.34. The average molecular weight is 220 g/mol. The molecule has 1 aromatic rings. The number of benzene rings is 1. The molecule has 0 radical (unpaired) electrons. The van der Waals surface area contributed by atoms with Crippen LogP contribution in [0.4, 0.5) is 0 Å². The normalized spacial score (nSPS) is 22.2. The van der Waals surface area contributed by atoms with Gasteiger partial charge in [-0.25, -0.2) is 0 Å². The summed E-state index contributed by atoms with van der Waals surface area (Å²) >= 11 is 0. The second kappa shape index (κ2) is 5.99. The molecule has 0 aromatic heterocycles. The number of likely N-dealkylation sites (N-methyl/N-ethyl adjacent to an activating group) is 1. The number of rotatable bonds is 4. The first-order valence-corrected chi connectivity index (χ1v) is 5.93. The first kappa shape index (κ1) is 11.6. The first-order valence-electron chi connectivity index (χ1n) is 5.93. The molecule has 16 heavy (non-hydrogen) atoms. The van der Waals surface area contributed by atoms with Crippen LogP contribution in [-0.2, 0) is 4.74 Å². The van der Waals surface area contributed by atoms with Gasteiger partial charge in [-0.1, -0.05) is 30.3 Å². The fraction of sp³-hybridized carbons (Fsp3) is 0.538. The van der Waals surface area contributed by atoms with E-state index in [-0.39, 0.29) is 6.10 Å². The summed E-state index contributed by atoms with van der Waals surface area (Å²) in [6, 6.07) is 10.5. The zero-order valence-electron chi connectivity index (χ0n) is 9.86. The number of hydrogen-bond donors (Lipinski definition) is 1. The van der Waals surface area contributed by atoms with Gasteiger partial charge in [0.2, 0.25) is 0 Å². The zero-order valence-corrected chi connectivity index (χ0v) is 9.86. The molecule has 3 nitrogen and oxygen atoms in total. The van der Waals surface area contributed by atoms with Crippen LogP contribution in [-0.4, -0.2) is 44.7 Å². The number of nitrogens with zero attached hydrogens (tertiary/aromatic N) is 1. The van der Waals surface area contributed by atoms with E-state index in [0.717, 1.165) is 32.8 Å². The minimum absolute atomic E-state index is 0.242. The van der Waals surface area contributed by atoms with Gasteiger partial charge in [-0.3, -0.25) is 4.90 Å². The summed E-state index contributed by atoms with van der Waals surface area (Å²) in [5.74, 6) is 0. The Morgan fingerprint density at radius 2 is 2.19 bits per heavy atom. The highest BCUT2D eigenvalue weighted by molar-refractivity contribution is 5.18. The summed E-state index contributed by atoms with van der Waals surface area (Å²) in [6.45, 7) is 5.03. The lowest BCUT2D eigenvalue weighted by atomic mass is 10.1. The van der Waals surface area contributed by atoms with Crippen molar-refractivity contribution in [2.75, 3.05) is 39.8 Å². The monoisotopic (exact) mass is 220 g/mol. The third-order valence-electron chi connectivity index (χ3n) is 3.00. The second-order valence-electron chi connectivity index (χ2n) is 4.17. The van der Waals surface area contributed by atoms with E-state index in [1.54, 1.807) is 0 Å². The zero-order chi connectivity index (χ0) is 11.2. The van der Waals surface area contributed by atoms with Crippen LogP contribution < -0.4 is 5.32 Å². The van der Waals surface area contributed by atoms with Crippen LogP contribution in [0.25, 0.3) is 0 Å². The predicted octanol–water partition coefficient (Wildman–Crippen LogP) is 1.28. The van der Waals surface area contributed by atoms with Crippen molar-refractivity contribution in [2.45, 2.75) is 6.10 Å². The van der Waals surface area contributed by atoms with E-state index in [2.05, 4.69) is 34.5 Å². The SMILES string of the molecule is CNCCN1CCO[C@@H](c2ccccc2)C1. The molecule has 0 amide bonds. The molecule has 1 atom stereocenters. The molecule has 0 saturated carbocycles. The van der Waals surface area contributed by atoms with Crippen LogP contribution in [0.5, 0.6) is 0 Å². The van der Waals surface area contributed by atoms with E-state index in [9.17, 15) is 0 Å². The summed E-state index contributed by atoms with van der Waals surface area (Å²) in [6.07, 6.45) is 0.242. The molecular formula is C13H20N2O. The van der Waals surface area contributed by atoms with Gasteiger partial charge in [0.25, 0.3) is 0 Å². The molecule has 0 spiro atoms. The molecule has 88 valence electrons. The molecule has 1 N–H and O–H groups in total. The van der Waals surface area contributed by atoms with Gasteiger partial charge in [-0.15, -0.1) is 0 Å². The molecule has 2 rings (SSSR count). The number of hydrogen-bond acceptors (Lipinski definition) is 3. The molecule has 1 heterocycles. The van der Waals surface area contributed by atoms with E-state index in [1.165, 1.54) is 5.56 Å². The van der Waals surface area contributed by atoms with Crippen molar-refractivity contribution in [3.8, 4) is 0 Å². The molecule has 0 bridgehead atoms. The molecule has 0 unspecified atom stereocenters. The lowest BCUT2D eigenvalue weighted by molar-refractivity contribution is -0.0293. The summed E-state index contributed by atoms with van der Waals surface area (Å²) in [7, 11) is 2.00. The van der Waals surface area contributed by atoms with Crippen molar-refractivity contribution in [1.82, 2.24) is 10.2 Å². The Morgan fingerprint density at radius 1 is 1.38 bits per heavy atom. The maximum absolute atomic E-state index is 5.81. The van der Waals surface area contributed by atoms with Gasteiger partial charge in [0.05, 0.1) is 12.7 Å². The van der Waals surface area contributed by atoms with Crippen LogP contribution in [0.2, 0.25) is 0 Å². The highest BCUT2D eigenvalue weighted by Crippen LogP contribution is 2.21. The quantitative estimate of drug-likeness (QED) is 0.827. The van der Waals surface area contributed by atoms with Gasteiger partial charge >= 0.3 is 0 Å². The lowest BCUT2D eigenvalue weighted by Gasteiger charge is -2.33. The molecule has 0 aliphatic carbocycles. The number of ether oxygens (including phenoxy) is 1. The van der Waals surface area contributed by atoms with Crippen molar-refractivity contribution in [3.63, 3.8) is 0 Å². The molecule has 1 aromatic carbocycles. The topological polar surface area (TPSA) is 24.5 Å². The summed E-state index contributed by atoms with van der Waals surface area (Å²) in [4.78, 5) is 2.46. The van der Waals surface area contributed by atoms with Gasteiger partial charge in [0.15, 0.2) is 0 Å². The molecule has 1 aliphatic rings. The third kappa shape index (κ3) is 3.04. The van der Waals surface area contributed by atoms with Crippen LogP contribution in [0.15, 0.2) is 30.3 Å². The van der Waals surface area contributed by atoms with Gasteiger partial charge in [-0.2, -0.15) is 0 Å². The van der Waals surface area contributed by atoms with E-state index < -0.39 is 0 Å². The van der Waals surface area contributed by atoms with Crippen LogP contribution in [0.1, 0.15) is 11.7 Å². The number of nitrogens with one attached hydrogen (secondary N) is 1. The highest BCUT2D eigenvalue weighted by atomic mass is 16.5. The molecular weight excluding hydrogens is 200 g/mol. The Bertz CT molecular complexity index is 302. The summed E-state index contributed by atoms with van der Waals surface area (Å²) in [5.41, 5.74) is 1.29. The molecule has 3 heteroatoms. The Labute approximate surface area is 97.4 Å². The molecule has 1 fully saturated rings. The largest absolute Gasteiger partial charge is 0.371 e. The van der Waals surface area contributed by atoms with Crippen molar-refractivity contribution in [3.05, 3.63) is 35.9 Å². The third-order valence-corrected chi connectivity index (χ3v) is 3.00. The maximum Gasteiger partial charge on any atom is 0.0952 e. The average Bonchev–Trinajstić information content (AvgIpc) is 2.38. The fourth-order valence-electron chi connectivity index (χ4n) is 2.04. The summed E-state index contributed by atoms with van der Waals surface area (Å²) < 4.78 is 5.81. The van der Waals surface area contributed by atoms with Crippen LogP contribution >= 0.6 is 0 Å². The van der Waals surface area contributed by atoms with Gasteiger partial charge in [0, 0.05) is 26.2 Å². The minimum Gasteiger partial charge on any atom is -0.371 e. The first-order chi connectivity index (χ1) is 7.90. The minimum atomic E-state index is 0.242. The highest BCUT2D eigenvalue weighted by Gasteiger charge is 2.20. The Hall–Kier alpha value is -0.900. The van der Waals surface area contributed by atoms with Crippen molar-refractivity contribution >= 4 is 0 Å². The smallest absolute Gasteiger partial charge is 0.0952 e. The molecule has 1 saturated heterocycles. The predicted molar refractivity (Wildman–Crippen MR) is 65.5 cm³/mol. The number of morpholine rings is 1. The van der Waals surface area contributed by atoms with Gasteiger partial charge in [0.1, 0.15) is 0 Å². The van der Waals surface area contributed by atoms with Crippen LogP contribution in [0.3, 0.4) is 0 Å². The van der Waals surface area contributed by atoms with Crippen molar-refractivity contribution in [2.24, 2.45) is 0 Å². The van der Waals surface area contributed by atoms with E-state index in [1.807, 2.05) is 13.1 Å². The van der Waals surface area contributed by atoms with Crippen LogP contribution in [0, 0.1) is 0 Å². The molecule has 1 aliphatic heterocycles. The van der Waals surface area contributed by atoms with E-state index in [0.29, 0.717) is 0 Å².